The maximum absolute atomic E-state index is 12.1. The molecular weight excluding hydrogens is 306 g/mol. The Bertz CT molecular complexity index is 561. The predicted octanol–water partition coefficient (Wildman–Crippen LogP) is 2.95. The van der Waals surface area contributed by atoms with E-state index < -0.39 is 0 Å². The van der Waals surface area contributed by atoms with Crippen molar-refractivity contribution in [2.24, 2.45) is 0 Å². The topological polar surface area (TPSA) is 49.3 Å². The molecule has 0 aliphatic heterocycles. The van der Waals surface area contributed by atoms with Crippen LogP contribution in [0.3, 0.4) is 0 Å². The van der Waals surface area contributed by atoms with Gasteiger partial charge in [0.2, 0.25) is 0 Å². The van der Waals surface area contributed by atoms with Crippen molar-refractivity contribution in [3.05, 3.63) is 34.3 Å². The van der Waals surface area contributed by atoms with Gasteiger partial charge in [0.1, 0.15) is 0 Å². The standard InChI is InChI=1S/C16H20ClNO2S/c1-16(2,21-3)11-18-15(20)13-8-7-12(14(17)10-13)6-4-5-9-19/h7-8,10,19H,5,9,11H2,1-3H3,(H,18,20). The van der Waals surface area contributed by atoms with Crippen LogP contribution >= 0.6 is 23.4 Å². The van der Waals surface area contributed by atoms with Crippen LogP contribution in [0.2, 0.25) is 5.02 Å². The smallest absolute Gasteiger partial charge is 0.251 e. The van der Waals surface area contributed by atoms with Crippen LogP contribution in [0.4, 0.5) is 0 Å². The Labute approximate surface area is 135 Å². The molecule has 0 unspecified atom stereocenters. The average molecular weight is 326 g/mol. The highest BCUT2D eigenvalue weighted by atomic mass is 35.5. The van der Waals surface area contributed by atoms with E-state index in [1.807, 2.05) is 6.26 Å². The number of amides is 1. The lowest BCUT2D eigenvalue weighted by Crippen LogP contribution is -2.36. The Balaban J connectivity index is 2.75. The van der Waals surface area contributed by atoms with E-state index in [1.165, 1.54) is 0 Å². The zero-order valence-electron chi connectivity index (χ0n) is 12.5. The van der Waals surface area contributed by atoms with E-state index >= 15 is 0 Å². The van der Waals surface area contributed by atoms with Crippen LogP contribution in [0.1, 0.15) is 36.2 Å². The number of aliphatic hydroxyl groups is 1. The summed E-state index contributed by atoms with van der Waals surface area (Å²) in [6.07, 6.45) is 2.42. The first-order valence-corrected chi connectivity index (χ1v) is 8.22. The minimum atomic E-state index is -0.145. The Hall–Kier alpha value is -1.15. The van der Waals surface area contributed by atoms with Crippen molar-refractivity contribution in [3.63, 3.8) is 0 Å². The first-order valence-electron chi connectivity index (χ1n) is 6.62. The first kappa shape index (κ1) is 17.9. The molecule has 0 heterocycles. The number of aliphatic hydroxyl groups excluding tert-OH is 1. The van der Waals surface area contributed by atoms with Gasteiger partial charge in [-0.15, -0.1) is 0 Å². The number of benzene rings is 1. The third-order valence-electron chi connectivity index (χ3n) is 2.92. The SMILES string of the molecule is CSC(C)(C)CNC(=O)c1ccc(C#CCCO)c(Cl)c1. The second-order valence-corrected chi connectivity index (χ2v) is 7.04. The second kappa shape index (κ2) is 8.33. The Kier molecular flexibility index (Phi) is 7.10. The van der Waals surface area contributed by atoms with E-state index in [-0.39, 0.29) is 17.3 Å². The molecule has 1 aromatic carbocycles. The van der Waals surface area contributed by atoms with Crippen LogP contribution in [0, 0.1) is 11.8 Å². The summed E-state index contributed by atoms with van der Waals surface area (Å²) < 4.78 is -0.00480. The molecule has 0 bridgehead atoms. The molecule has 0 saturated heterocycles. The fourth-order valence-corrected chi connectivity index (χ4v) is 1.88. The van der Waals surface area contributed by atoms with Gasteiger partial charge in [-0.1, -0.05) is 23.4 Å². The van der Waals surface area contributed by atoms with E-state index in [0.29, 0.717) is 29.1 Å². The lowest BCUT2D eigenvalue weighted by Gasteiger charge is -2.22. The van der Waals surface area contributed by atoms with Crippen molar-refractivity contribution in [2.75, 3.05) is 19.4 Å². The van der Waals surface area contributed by atoms with Gasteiger partial charge in [0.25, 0.3) is 5.91 Å². The van der Waals surface area contributed by atoms with E-state index in [1.54, 1.807) is 30.0 Å². The third-order valence-corrected chi connectivity index (χ3v) is 4.48. The lowest BCUT2D eigenvalue weighted by atomic mass is 10.1. The third kappa shape index (κ3) is 6.01. The number of carbonyl (C=O) groups is 1. The molecule has 0 aliphatic carbocycles. The molecule has 2 N–H and O–H groups in total. The minimum Gasteiger partial charge on any atom is -0.395 e. The highest BCUT2D eigenvalue weighted by Crippen LogP contribution is 2.20. The van der Waals surface area contributed by atoms with Gasteiger partial charge in [0, 0.05) is 28.8 Å². The van der Waals surface area contributed by atoms with Crippen molar-refractivity contribution in [2.45, 2.75) is 25.0 Å². The molecule has 0 aliphatic rings. The van der Waals surface area contributed by atoms with E-state index in [9.17, 15) is 4.79 Å². The lowest BCUT2D eigenvalue weighted by molar-refractivity contribution is 0.0951. The van der Waals surface area contributed by atoms with Gasteiger partial charge in [0.15, 0.2) is 0 Å². The highest BCUT2D eigenvalue weighted by Gasteiger charge is 2.17. The van der Waals surface area contributed by atoms with Gasteiger partial charge in [-0.25, -0.2) is 0 Å². The summed E-state index contributed by atoms with van der Waals surface area (Å²) in [6, 6.07) is 5.05. The zero-order valence-corrected chi connectivity index (χ0v) is 14.1. The number of halogens is 1. The van der Waals surface area contributed by atoms with E-state index in [0.717, 1.165) is 0 Å². The summed E-state index contributed by atoms with van der Waals surface area (Å²) in [7, 11) is 0. The van der Waals surface area contributed by atoms with Crippen LogP contribution in [-0.2, 0) is 0 Å². The van der Waals surface area contributed by atoms with Crippen molar-refractivity contribution in [1.29, 1.82) is 0 Å². The monoisotopic (exact) mass is 325 g/mol. The van der Waals surface area contributed by atoms with Gasteiger partial charge >= 0.3 is 0 Å². The normalized spacial score (nSPS) is 10.7. The highest BCUT2D eigenvalue weighted by molar-refractivity contribution is 7.99. The first-order chi connectivity index (χ1) is 9.89. The molecular formula is C16H20ClNO2S. The van der Waals surface area contributed by atoms with Gasteiger partial charge in [-0.05, 0) is 38.3 Å². The summed E-state index contributed by atoms with van der Waals surface area (Å²) in [5, 5.41) is 12.0. The van der Waals surface area contributed by atoms with Crippen molar-refractivity contribution >= 4 is 29.3 Å². The van der Waals surface area contributed by atoms with Gasteiger partial charge < -0.3 is 10.4 Å². The minimum absolute atomic E-state index is 0.00480. The fourth-order valence-electron chi connectivity index (χ4n) is 1.44. The van der Waals surface area contributed by atoms with E-state index in [2.05, 4.69) is 31.0 Å². The number of hydrogen-bond acceptors (Lipinski definition) is 3. The molecule has 0 spiro atoms. The van der Waals surface area contributed by atoms with E-state index in [4.69, 9.17) is 16.7 Å². The average Bonchev–Trinajstić information content (AvgIpc) is 2.46. The molecule has 0 fully saturated rings. The molecule has 5 heteroatoms. The van der Waals surface area contributed by atoms with Crippen LogP contribution < -0.4 is 5.32 Å². The molecule has 1 rings (SSSR count). The molecule has 3 nitrogen and oxygen atoms in total. The molecule has 114 valence electrons. The van der Waals surface area contributed by atoms with Crippen molar-refractivity contribution in [3.8, 4) is 11.8 Å². The number of rotatable bonds is 5. The Morgan fingerprint density at radius 3 is 2.76 bits per heavy atom. The number of thioether (sulfide) groups is 1. The molecule has 0 saturated carbocycles. The summed E-state index contributed by atoms with van der Waals surface area (Å²) in [6.45, 7) is 4.76. The van der Waals surface area contributed by atoms with Crippen LogP contribution in [0.25, 0.3) is 0 Å². The Morgan fingerprint density at radius 1 is 1.48 bits per heavy atom. The molecule has 21 heavy (non-hydrogen) atoms. The van der Waals surface area contributed by atoms with Crippen LogP contribution in [0.15, 0.2) is 18.2 Å². The quantitative estimate of drug-likeness (QED) is 0.818. The molecule has 1 amide bonds. The van der Waals surface area contributed by atoms with Crippen LogP contribution in [-0.4, -0.2) is 35.2 Å². The number of nitrogens with one attached hydrogen (secondary N) is 1. The molecule has 1 aromatic rings. The summed E-state index contributed by atoms with van der Waals surface area (Å²) in [5.74, 6) is 5.53. The van der Waals surface area contributed by atoms with Crippen molar-refractivity contribution < 1.29 is 9.90 Å². The number of hydrogen-bond donors (Lipinski definition) is 2. The van der Waals surface area contributed by atoms with Gasteiger partial charge in [0.05, 0.1) is 11.6 Å². The Morgan fingerprint density at radius 2 is 2.19 bits per heavy atom. The maximum Gasteiger partial charge on any atom is 0.251 e. The predicted molar refractivity (Wildman–Crippen MR) is 90.0 cm³/mol. The summed E-state index contributed by atoms with van der Waals surface area (Å²) >= 11 is 7.82. The van der Waals surface area contributed by atoms with Gasteiger partial charge in [-0.3, -0.25) is 4.79 Å². The largest absolute Gasteiger partial charge is 0.395 e. The van der Waals surface area contributed by atoms with Crippen LogP contribution in [0.5, 0.6) is 0 Å². The fraction of sp³-hybridized carbons (Fsp3) is 0.438. The summed E-state index contributed by atoms with van der Waals surface area (Å²) in [5.41, 5.74) is 1.18. The summed E-state index contributed by atoms with van der Waals surface area (Å²) in [4.78, 5) is 12.1. The second-order valence-electron chi connectivity index (χ2n) is 5.12. The number of carbonyl (C=O) groups excluding carboxylic acids is 1. The van der Waals surface area contributed by atoms with Crippen molar-refractivity contribution in [1.82, 2.24) is 5.32 Å². The molecule has 0 radical (unpaired) electrons. The molecule has 0 atom stereocenters. The zero-order chi connectivity index (χ0) is 15.9. The van der Waals surface area contributed by atoms with Gasteiger partial charge in [-0.2, -0.15) is 11.8 Å². The molecule has 0 aromatic heterocycles. The maximum atomic E-state index is 12.1.